The Balaban J connectivity index is 1.37. The van der Waals surface area contributed by atoms with Crippen LogP contribution in [0.4, 0.5) is 0 Å². The molecule has 1 aromatic carbocycles. The minimum Gasteiger partial charge on any atom is -0.347 e. The van der Waals surface area contributed by atoms with E-state index in [0.717, 1.165) is 38.9 Å². The zero-order valence-corrected chi connectivity index (χ0v) is 17.7. The Bertz CT molecular complexity index is 961. The van der Waals surface area contributed by atoms with Crippen molar-refractivity contribution in [3.05, 3.63) is 30.2 Å². The van der Waals surface area contributed by atoms with Gasteiger partial charge < -0.3 is 14.7 Å². The minimum absolute atomic E-state index is 0.101. The number of piperidine rings is 1. The maximum atomic E-state index is 12.7. The number of amides is 1. The highest BCUT2D eigenvalue weighted by molar-refractivity contribution is 7.89. The van der Waals surface area contributed by atoms with Crippen LogP contribution in [0.5, 0.6) is 0 Å². The van der Waals surface area contributed by atoms with Crippen molar-refractivity contribution < 1.29 is 17.7 Å². The second-order valence-corrected chi connectivity index (χ2v) is 9.65. The number of sulfonamides is 1. The molecular weight excluding hydrogens is 406 g/mol. The summed E-state index contributed by atoms with van der Waals surface area (Å²) >= 11 is 0. The monoisotopic (exact) mass is 433 g/mol. The quantitative estimate of drug-likeness (QED) is 0.708. The molecule has 2 aliphatic rings. The highest BCUT2D eigenvalue weighted by atomic mass is 32.2. The van der Waals surface area contributed by atoms with E-state index in [1.165, 1.54) is 17.1 Å². The van der Waals surface area contributed by atoms with Crippen molar-refractivity contribution in [2.75, 3.05) is 39.3 Å². The van der Waals surface area contributed by atoms with Crippen molar-refractivity contribution in [2.45, 2.75) is 37.0 Å². The fourth-order valence-corrected chi connectivity index (χ4v) is 5.39. The first-order valence-electron chi connectivity index (χ1n) is 10.5. The molecule has 10 heteroatoms. The van der Waals surface area contributed by atoms with E-state index in [-0.39, 0.29) is 16.6 Å². The van der Waals surface area contributed by atoms with Crippen molar-refractivity contribution in [1.29, 1.82) is 0 Å². The number of likely N-dealkylation sites (tertiary alicyclic amines) is 1. The van der Waals surface area contributed by atoms with E-state index in [4.69, 9.17) is 4.52 Å². The fraction of sp³-hybridized carbons (Fsp3) is 0.550. The van der Waals surface area contributed by atoms with Crippen LogP contribution in [0.2, 0.25) is 0 Å². The Morgan fingerprint density at radius 1 is 1.00 bits per heavy atom. The van der Waals surface area contributed by atoms with Gasteiger partial charge in [0.25, 0.3) is 0 Å². The van der Waals surface area contributed by atoms with Gasteiger partial charge in [-0.25, -0.2) is 8.42 Å². The molecule has 2 aromatic rings. The van der Waals surface area contributed by atoms with Crippen molar-refractivity contribution in [1.82, 2.24) is 24.7 Å². The molecule has 0 spiro atoms. The Morgan fingerprint density at radius 2 is 1.67 bits per heavy atom. The molecule has 0 atom stereocenters. The SMILES string of the molecule is O=C(NCCN1CCCC1)c1nc(-c2ccc(S(=O)(=O)N3CCCCC3)cc2)no1. The molecule has 0 saturated carbocycles. The maximum absolute atomic E-state index is 12.7. The summed E-state index contributed by atoms with van der Waals surface area (Å²) in [5, 5.41) is 6.65. The van der Waals surface area contributed by atoms with Crippen molar-refractivity contribution in [3.63, 3.8) is 0 Å². The van der Waals surface area contributed by atoms with Crippen LogP contribution in [0, 0.1) is 0 Å². The van der Waals surface area contributed by atoms with Gasteiger partial charge in [0.15, 0.2) is 0 Å². The second-order valence-electron chi connectivity index (χ2n) is 7.72. The first kappa shape index (κ1) is 21.0. The molecule has 2 fully saturated rings. The molecule has 4 rings (SSSR count). The van der Waals surface area contributed by atoms with Crippen molar-refractivity contribution >= 4 is 15.9 Å². The van der Waals surface area contributed by atoms with Crippen LogP contribution in [0.15, 0.2) is 33.7 Å². The topological polar surface area (TPSA) is 109 Å². The average Bonchev–Trinajstić information content (AvgIpc) is 3.47. The van der Waals surface area contributed by atoms with E-state index in [2.05, 4.69) is 20.4 Å². The van der Waals surface area contributed by atoms with Gasteiger partial charge in [-0.05, 0) is 63.0 Å². The van der Waals surface area contributed by atoms with E-state index in [0.29, 0.717) is 25.2 Å². The molecule has 1 amide bonds. The van der Waals surface area contributed by atoms with Crippen molar-refractivity contribution in [2.24, 2.45) is 0 Å². The van der Waals surface area contributed by atoms with Crippen molar-refractivity contribution in [3.8, 4) is 11.4 Å². The number of benzene rings is 1. The molecule has 3 heterocycles. The molecule has 0 radical (unpaired) electrons. The second kappa shape index (κ2) is 9.23. The van der Waals surface area contributed by atoms with Crippen LogP contribution in [0.1, 0.15) is 42.8 Å². The van der Waals surface area contributed by atoms with Gasteiger partial charge in [-0.2, -0.15) is 9.29 Å². The summed E-state index contributed by atoms with van der Waals surface area (Å²) in [6.45, 7) is 4.60. The zero-order chi connectivity index (χ0) is 21.0. The van der Waals surface area contributed by atoms with Gasteiger partial charge in [0, 0.05) is 31.7 Å². The standard InChI is InChI=1S/C20H27N5O4S/c26-19(21-10-15-24-11-4-5-12-24)20-22-18(23-29-20)16-6-8-17(9-7-16)30(27,28)25-13-2-1-3-14-25/h6-9H,1-5,10-15H2,(H,21,26). The number of nitrogens with one attached hydrogen (secondary N) is 1. The van der Waals surface area contributed by atoms with E-state index in [1.807, 2.05) is 0 Å². The first-order chi connectivity index (χ1) is 14.5. The predicted molar refractivity (Wildman–Crippen MR) is 110 cm³/mol. The lowest BCUT2D eigenvalue weighted by atomic mass is 10.2. The third kappa shape index (κ3) is 4.71. The Hall–Kier alpha value is -2.30. The normalized spacial score (nSPS) is 18.5. The predicted octanol–water partition coefficient (Wildman–Crippen LogP) is 1.74. The molecule has 2 saturated heterocycles. The number of hydrogen-bond donors (Lipinski definition) is 1. The maximum Gasteiger partial charge on any atom is 0.316 e. The molecule has 2 aliphatic heterocycles. The van der Waals surface area contributed by atoms with Crippen LogP contribution < -0.4 is 5.32 Å². The van der Waals surface area contributed by atoms with Crippen LogP contribution in [-0.2, 0) is 10.0 Å². The minimum atomic E-state index is -3.49. The number of aromatic nitrogens is 2. The van der Waals surface area contributed by atoms with Crippen LogP contribution in [0.3, 0.4) is 0 Å². The van der Waals surface area contributed by atoms with Crippen LogP contribution in [-0.4, -0.2) is 72.9 Å². The number of carbonyl (C=O) groups is 1. The lowest BCUT2D eigenvalue weighted by Crippen LogP contribution is -2.35. The molecule has 0 aliphatic carbocycles. The highest BCUT2D eigenvalue weighted by Gasteiger charge is 2.26. The van der Waals surface area contributed by atoms with E-state index in [1.54, 1.807) is 24.3 Å². The molecule has 0 bridgehead atoms. The molecule has 1 aromatic heterocycles. The molecule has 1 N–H and O–H groups in total. The molecule has 30 heavy (non-hydrogen) atoms. The fourth-order valence-electron chi connectivity index (χ4n) is 3.87. The van der Waals surface area contributed by atoms with E-state index in [9.17, 15) is 13.2 Å². The average molecular weight is 434 g/mol. The summed E-state index contributed by atoms with van der Waals surface area (Å²) in [4.78, 5) is 18.9. The lowest BCUT2D eigenvalue weighted by Gasteiger charge is -2.25. The number of carbonyl (C=O) groups excluding carboxylic acids is 1. The van der Waals surface area contributed by atoms with Gasteiger partial charge in [0.05, 0.1) is 4.90 Å². The van der Waals surface area contributed by atoms with Crippen LogP contribution >= 0.6 is 0 Å². The summed E-state index contributed by atoms with van der Waals surface area (Å²) in [6, 6.07) is 6.37. The third-order valence-corrected chi connectivity index (χ3v) is 7.51. The summed E-state index contributed by atoms with van der Waals surface area (Å²) in [5.41, 5.74) is 0.590. The summed E-state index contributed by atoms with van der Waals surface area (Å²) < 4.78 is 32.1. The third-order valence-electron chi connectivity index (χ3n) is 5.60. The first-order valence-corrected chi connectivity index (χ1v) is 11.9. The van der Waals surface area contributed by atoms with Gasteiger partial charge in [-0.15, -0.1) is 0 Å². The van der Waals surface area contributed by atoms with Gasteiger partial charge in [-0.3, -0.25) is 4.79 Å². The molecule has 162 valence electrons. The smallest absolute Gasteiger partial charge is 0.316 e. The Morgan fingerprint density at radius 3 is 2.37 bits per heavy atom. The lowest BCUT2D eigenvalue weighted by molar-refractivity contribution is 0.0906. The van der Waals surface area contributed by atoms with Gasteiger partial charge in [0.2, 0.25) is 15.8 Å². The molecule has 9 nitrogen and oxygen atoms in total. The van der Waals surface area contributed by atoms with Gasteiger partial charge >= 0.3 is 11.8 Å². The summed E-state index contributed by atoms with van der Waals surface area (Å²) in [5.74, 6) is -0.254. The van der Waals surface area contributed by atoms with Gasteiger partial charge in [0.1, 0.15) is 0 Å². The Kier molecular flexibility index (Phi) is 6.45. The largest absolute Gasteiger partial charge is 0.347 e. The van der Waals surface area contributed by atoms with Gasteiger partial charge in [-0.1, -0.05) is 11.6 Å². The number of nitrogens with zero attached hydrogens (tertiary/aromatic N) is 4. The summed E-state index contributed by atoms with van der Waals surface area (Å²) in [7, 11) is -3.49. The molecular formula is C20H27N5O4S. The Labute approximate surface area is 176 Å². The highest BCUT2D eigenvalue weighted by Crippen LogP contribution is 2.23. The zero-order valence-electron chi connectivity index (χ0n) is 16.9. The summed E-state index contributed by atoms with van der Waals surface area (Å²) in [6.07, 6.45) is 5.27. The van der Waals surface area contributed by atoms with E-state index < -0.39 is 15.9 Å². The number of rotatable bonds is 7. The van der Waals surface area contributed by atoms with Crippen LogP contribution in [0.25, 0.3) is 11.4 Å². The van der Waals surface area contributed by atoms with E-state index >= 15 is 0 Å². The molecule has 0 unspecified atom stereocenters. The number of hydrogen-bond acceptors (Lipinski definition) is 7.